The molecule has 1 atom stereocenters. The molecule has 0 unspecified atom stereocenters. The third-order valence-corrected chi connectivity index (χ3v) is 5.94. The highest BCUT2D eigenvalue weighted by Crippen LogP contribution is 2.45. The summed E-state index contributed by atoms with van der Waals surface area (Å²) in [7, 11) is 3.61. The number of aromatic nitrogens is 2. The van der Waals surface area contributed by atoms with Crippen molar-refractivity contribution in [3.05, 3.63) is 18.0 Å². The quantitative estimate of drug-likeness (QED) is 0.840. The van der Waals surface area contributed by atoms with Gasteiger partial charge in [0.25, 0.3) is 5.91 Å². The van der Waals surface area contributed by atoms with Crippen LogP contribution in [0.3, 0.4) is 0 Å². The van der Waals surface area contributed by atoms with E-state index in [1.807, 2.05) is 11.9 Å². The van der Waals surface area contributed by atoms with Crippen molar-refractivity contribution in [2.45, 2.75) is 32.7 Å². The molecule has 2 aliphatic heterocycles. The van der Waals surface area contributed by atoms with Gasteiger partial charge in [0, 0.05) is 45.4 Å². The molecule has 1 aromatic rings. The Morgan fingerprint density at radius 2 is 2.12 bits per heavy atom. The molecule has 6 nitrogen and oxygen atoms in total. The van der Waals surface area contributed by atoms with Gasteiger partial charge in [-0.15, -0.1) is 0 Å². The molecule has 1 amide bonds. The summed E-state index contributed by atoms with van der Waals surface area (Å²) in [6.45, 7) is 9.14. The van der Waals surface area contributed by atoms with Crippen LogP contribution < -0.4 is 0 Å². The number of aryl methyl sites for hydroxylation is 1. The van der Waals surface area contributed by atoms with Gasteiger partial charge in [-0.05, 0) is 45.2 Å². The lowest BCUT2D eigenvalue weighted by Crippen LogP contribution is -2.47. The summed E-state index contributed by atoms with van der Waals surface area (Å²) >= 11 is 0. The molecule has 6 heteroatoms. The summed E-state index contributed by atoms with van der Waals surface area (Å²) in [5.74, 6) is 0.532. The van der Waals surface area contributed by atoms with Crippen LogP contribution in [0.5, 0.6) is 0 Å². The second kappa shape index (κ2) is 6.84. The van der Waals surface area contributed by atoms with E-state index in [-0.39, 0.29) is 11.3 Å². The maximum absolute atomic E-state index is 12.8. The van der Waals surface area contributed by atoms with Gasteiger partial charge in [-0.3, -0.25) is 9.48 Å². The summed E-state index contributed by atoms with van der Waals surface area (Å²) in [5, 5.41) is 4.14. The molecule has 2 saturated heterocycles. The second-order valence-electron chi connectivity index (χ2n) is 7.73. The van der Waals surface area contributed by atoms with Gasteiger partial charge >= 0.3 is 0 Å². The van der Waals surface area contributed by atoms with E-state index in [2.05, 4.69) is 23.8 Å². The van der Waals surface area contributed by atoms with Crippen LogP contribution in [0.2, 0.25) is 0 Å². The van der Waals surface area contributed by atoms with Crippen LogP contribution in [0, 0.1) is 11.3 Å². The number of hydrogen-bond acceptors (Lipinski definition) is 4. The smallest absolute Gasteiger partial charge is 0.257 e. The third-order valence-electron chi connectivity index (χ3n) is 5.94. The van der Waals surface area contributed by atoms with E-state index in [4.69, 9.17) is 4.74 Å². The molecule has 2 fully saturated rings. The third kappa shape index (κ3) is 3.22. The number of hydrogen-bond donors (Lipinski definition) is 0. The van der Waals surface area contributed by atoms with Crippen molar-refractivity contribution in [3.63, 3.8) is 0 Å². The zero-order valence-electron chi connectivity index (χ0n) is 15.4. The van der Waals surface area contributed by atoms with Crippen molar-refractivity contribution in [2.24, 2.45) is 18.4 Å². The fourth-order valence-corrected chi connectivity index (χ4v) is 4.39. The highest BCUT2D eigenvalue weighted by Gasteiger charge is 2.49. The summed E-state index contributed by atoms with van der Waals surface area (Å²) in [5.41, 5.74) is 0.893. The van der Waals surface area contributed by atoms with Gasteiger partial charge in [-0.1, -0.05) is 0 Å². The van der Waals surface area contributed by atoms with Crippen LogP contribution in [0.4, 0.5) is 0 Å². The number of rotatable bonds is 4. The lowest BCUT2D eigenvalue weighted by atomic mass is 9.71. The number of nitrogens with zero attached hydrogens (tertiary/aromatic N) is 4. The van der Waals surface area contributed by atoms with Gasteiger partial charge in [-0.2, -0.15) is 5.10 Å². The van der Waals surface area contributed by atoms with E-state index < -0.39 is 0 Å². The lowest BCUT2D eigenvalue weighted by Gasteiger charge is -2.43. The maximum atomic E-state index is 12.8. The molecule has 134 valence electrons. The average molecular weight is 334 g/mol. The van der Waals surface area contributed by atoms with Crippen molar-refractivity contribution in [1.82, 2.24) is 19.6 Å². The fourth-order valence-electron chi connectivity index (χ4n) is 4.39. The topological polar surface area (TPSA) is 50.6 Å². The first-order valence-corrected chi connectivity index (χ1v) is 8.96. The Balaban J connectivity index is 1.74. The number of likely N-dealkylation sites (tertiary alicyclic amines) is 2. The zero-order chi connectivity index (χ0) is 17.3. The molecular weight excluding hydrogens is 304 g/mol. The van der Waals surface area contributed by atoms with Crippen molar-refractivity contribution < 1.29 is 9.53 Å². The predicted octanol–water partition coefficient (Wildman–Crippen LogP) is 1.63. The lowest BCUT2D eigenvalue weighted by molar-refractivity contribution is 0.0279. The van der Waals surface area contributed by atoms with Crippen molar-refractivity contribution in [2.75, 3.05) is 39.9 Å². The van der Waals surface area contributed by atoms with E-state index in [1.165, 1.54) is 0 Å². The minimum absolute atomic E-state index is 0.104. The summed E-state index contributed by atoms with van der Waals surface area (Å²) < 4.78 is 7.18. The average Bonchev–Trinajstić information content (AvgIpc) is 3.13. The van der Waals surface area contributed by atoms with Crippen molar-refractivity contribution >= 4 is 5.91 Å². The van der Waals surface area contributed by atoms with E-state index in [0.717, 1.165) is 45.6 Å². The van der Waals surface area contributed by atoms with E-state index >= 15 is 0 Å². The fraction of sp³-hybridized carbons (Fsp3) is 0.778. The molecular formula is C18H30N4O2. The number of carbonyl (C=O) groups excluding carboxylic acids is 1. The summed E-state index contributed by atoms with van der Waals surface area (Å²) in [6, 6.07) is 0.595. The first-order chi connectivity index (χ1) is 11.4. The van der Waals surface area contributed by atoms with Gasteiger partial charge in [0.1, 0.15) is 0 Å². The Morgan fingerprint density at radius 1 is 1.42 bits per heavy atom. The van der Waals surface area contributed by atoms with Gasteiger partial charge in [0.15, 0.2) is 0 Å². The molecule has 1 spiro atoms. The molecule has 3 heterocycles. The van der Waals surface area contributed by atoms with E-state index in [0.29, 0.717) is 17.5 Å². The largest absolute Gasteiger partial charge is 0.384 e. The minimum Gasteiger partial charge on any atom is -0.384 e. The molecule has 0 radical (unpaired) electrons. The molecule has 24 heavy (non-hydrogen) atoms. The van der Waals surface area contributed by atoms with Crippen LogP contribution in [0.15, 0.2) is 12.4 Å². The van der Waals surface area contributed by atoms with Gasteiger partial charge in [0.2, 0.25) is 0 Å². The van der Waals surface area contributed by atoms with Crippen molar-refractivity contribution in [1.29, 1.82) is 0 Å². The summed E-state index contributed by atoms with van der Waals surface area (Å²) in [6.07, 6.45) is 5.77. The molecule has 2 aliphatic rings. The molecule has 3 rings (SSSR count). The van der Waals surface area contributed by atoms with Crippen LogP contribution in [-0.2, 0) is 11.8 Å². The first-order valence-electron chi connectivity index (χ1n) is 8.96. The normalized spacial score (nSPS) is 24.2. The number of carbonyl (C=O) groups is 1. The molecule has 0 bridgehead atoms. The number of ether oxygens (including phenoxy) is 1. The SMILES string of the molecule is COC[C@H]1CN(C(=O)c2cnn(C)c2)CC12CCN(C(C)C)CC2. The molecule has 0 aliphatic carbocycles. The van der Waals surface area contributed by atoms with Gasteiger partial charge < -0.3 is 14.5 Å². The monoisotopic (exact) mass is 334 g/mol. The molecule has 0 saturated carbocycles. The highest BCUT2D eigenvalue weighted by molar-refractivity contribution is 5.94. The van der Waals surface area contributed by atoms with Crippen LogP contribution >= 0.6 is 0 Å². The Kier molecular flexibility index (Phi) is 4.97. The molecule has 0 N–H and O–H groups in total. The number of methoxy groups -OCH3 is 1. The Bertz CT molecular complexity index is 575. The van der Waals surface area contributed by atoms with Crippen LogP contribution in [0.1, 0.15) is 37.0 Å². The van der Waals surface area contributed by atoms with E-state index in [1.54, 1.807) is 24.2 Å². The highest BCUT2D eigenvalue weighted by atomic mass is 16.5. The number of piperidine rings is 1. The van der Waals surface area contributed by atoms with Crippen LogP contribution in [0.25, 0.3) is 0 Å². The van der Waals surface area contributed by atoms with Gasteiger partial charge in [0.05, 0.1) is 18.4 Å². The predicted molar refractivity (Wildman–Crippen MR) is 92.9 cm³/mol. The maximum Gasteiger partial charge on any atom is 0.257 e. The standard InChI is InChI=1S/C18H30N4O2/c1-14(2)21-7-5-18(6-8-21)13-22(11-16(18)12-24-4)17(23)15-9-19-20(3)10-15/h9-10,14,16H,5-8,11-13H2,1-4H3/t16-/m1/s1. The van der Waals surface area contributed by atoms with Crippen LogP contribution in [-0.4, -0.2) is 71.4 Å². The zero-order valence-corrected chi connectivity index (χ0v) is 15.4. The molecule has 1 aromatic heterocycles. The molecule has 0 aromatic carbocycles. The second-order valence-corrected chi connectivity index (χ2v) is 7.73. The number of amides is 1. The summed E-state index contributed by atoms with van der Waals surface area (Å²) in [4.78, 5) is 17.4. The Morgan fingerprint density at radius 3 is 2.67 bits per heavy atom. The van der Waals surface area contributed by atoms with Crippen molar-refractivity contribution in [3.8, 4) is 0 Å². The Hall–Kier alpha value is -1.40. The Labute approximate surface area is 144 Å². The first kappa shape index (κ1) is 17.4. The minimum atomic E-state index is 0.104. The van der Waals surface area contributed by atoms with E-state index in [9.17, 15) is 4.79 Å². The van der Waals surface area contributed by atoms with Gasteiger partial charge in [-0.25, -0.2) is 0 Å².